The quantitative estimate of drug-likeness (QED) is 0.312. The molecule has 1 amide bonds. The minimum absolute atomic E-state index is 0.0265. The molecule has 0 fully saturated rings. The maximum absolute atomic E-state index is 13.2. The summed E-state index contributed by atoms with van der Waals surface area (Å²) in [5.41, 5.74) is 1.35. The number of aromatic nitrogens is 2. The molecule has 0 aliphatic carbocycles. The van der Waals surface area contributed by atoms with Gasteiger partial charge in [-0.3, -0.25) is 14.7 Å². The Hall–Kier alpha value is -3.37. The summed E-state index contributed by atoms with van der Waals surface area (Å²) < 4.78 is 44.9. The zero-order valence-corrected chi connectivity index (χ0v) is 20.0. The summed E-state index contributed by atoms with van der Waals surface area (Å²) >= 11 is 1.32. The number of fused-ring (bicyclic) bond motifs is 1. The van der Waals surface area contributed by atoms with Crippen molar-refractivity contribution in [2.24, 2.45) is 0 Å². The van der Waals surface area contributed by atoms with Crippen LogP contribution in [-0.4, -0.2) is 36.7 Å². The van der Waals surface area contributed by atoms with Gasteiger partial charge in [0, 0.05) is 12.6 Å². The van der Waals surface area contributed by atoms with Gasteiger partial charge >= 0.3 is 0 Å². The van der Waals surface area contributed by atoms with Crippen molar-refractivity contribution in [3.8, 4) is 5.75 Å². The summed E-state index contributed by atoms with van der Waals surface area (Å²) in [6, 6.07) is 15.4. The first-order chi connectivity index (χ1) is 16.4. The minimum atomic E-state index is -3.76. The van der Waals surface area contributed by atoms with Crippen molar-refractivity contribution in [2.45, 2.75) is 24.8 Å². The van der Waals surface area contributed by atoms with Crippen LogP contribution in [0.3, 0.4) is 0 Å². The van der Waals surface area contributed by atoms with E-state index in [-0.39, 0.29) is 17.9 Å². The van der Waals surface area contributed by atoms with E-state index in [0.29, 0.717) is 28.7 Å². The molecule has 0 unspecified atom stereocenters. The second kappa shape index (κ2) is 10.3. The highest BCUT2D eigenvalue weighted by Gasteiger charge is 2.24. The molecule has 2 aromatic carbocycles. The molecule has 4 rings (SSSR count). The largest absolute Gasteiger partial charge is 0.494 e. The summed E-state index contributed by atoms with van der Waals surface area (Å²) in [6.45, 7) is 2.58. The monoisotopic (exact) mass is 499 g/mol. The maximum atomic E-state index is 13.2. The zero-order valence-electron chi connectivity index (χ0n) is 18.3. The van der Waals surface area contributed by atoms with Gasteiger partial charge < -0.3 is 4.74 Å². The Morgan fingerprint density at radius 2 is 1.91 bits per heavy atom. The number of anilines is 1. The van der Waals surface area contributed by atoms with E-state index in [0.717, 1.165) is 16.8 Å². The summed E-state index contributed by atoms with van der Waals surface area (Å²) in [5.74, 6) is -0.631. The second-order valence-electron chi connectivity index (χ2n) is 7.38. The summed E-state index contributed by atoms with van der Waals surface area (Å²) in [7, 11) is -3.76. The molecule has 0 saturated carbocycles. The molecular formula is C24H22FN3O4S2. The molecular weight excluding hydrogens is 477 g/mol. The average molecular weight is 500 g/mol. The first-order valence-corrected chi connectivity index (χ1v) is 13.0. The van der Waals surface area contributed by atoms with Crippen LogP contribution < -0.4 is 9.64 Å². The van der Waals surface area contributed by atoms with Crippen LogP contribution in [-0.2, 0) is 21.2 Å². The Morgan fingerprint density at radius 3 is 2.62 bits per heavy atom. The number of rotatable bonds is 9. The van der Waals surface area contributed by atoms with Gasteiger partial charge in [0.2, 0.25) is 5.91 Å². The Kier molecular flexibility index (Phi) is 7.18. The van der Waals surface area contributed by atoms with Crippen molar-refractivity contribution >= 4 is 42.4 Å². The first-order valence-electron chi connectivity index (χ1n) is 10.6. The highest BCUT2D eigenvalue weighted by atomic mass is 32.2. The number of ether oxygens (including phenoxy) is 1. The summed E-state index contributed by atoms with van der Waals surface area (Å²) in [4.78, 5) is 23.6. The van der Waals surface area contributed by atoms with E-state index in [1.54, 1.807) is 18.3 Å². The van der Waals surface area contributed by atoms with Crippen LogP contribution in [0.1, 0.15) is 19.0 Å². The predicted octanol–water partition coefficient (Wildman–Crippen LogP) is 4.63. The smallest absolute Gasteiger partial charge is 0.230 e. The van der Waals surface area contributed by atoms with Gasteiger partial charge in [-0.15, -0.1) is 0 Å². The van der Waals surface area contributed by atoms with E-state index in [1.807, 2.05) is 31.2 Å². The van der Waals surface area contributed by atoms with E-state index >= 15 is 0 Å². The number of hydrogen-bond acceptors (Lipinski definition) is 7. The summed E-state index contributed by atoms with van der Waals surface area (Å²) in [5, 5.41) is 0.443. The molecule has 34 heavy (non-hydrogen) atoms. The van der Waals surface area contributed by atoms with Gasteiger partial charge in [0.15, 0.2) is 15.0 Å². The van der Waals surface area contributed by atoms with Crippen LogP contribution in [0.5, 0.6) is 5.75 Å². The average Bonchev–Trinajstić information content (AvgIpc) is 3.25. The number of benzene rings is 2. The second-order valence-corrected chi connectivity index (χ2v) is 10.5. The van der Waals surface area contributed by atoms with Crippen molar-refractivity contribution in [3.63, 3.8) is 0 Å². The number of amides is 1. The molecule has 2 heterocycles. The topological polar surface area (TPSA) is 89.5 Å². The lowest BCUT2D eigenvalue weighted by molar-refractivity contribution is -0.118. The van der Waals surface area contributed by atoms with Gasteiger partial charge in [-0.25, -0.2) is 17.8 Å². The summed E-state index contributed by atoms with van der Waals surface area (Å²) in [6.07, 6.45) is 1.37. The maximum Gasteiger partial charge on any atom is 0.230 e. The number of hydrogen-bond donors (Lipinski definition) is 0. The predicted molar refractivity (Wildman–Crippen MR) is 129 cm³/mol. The Labute approximate surface area is 200 Å². The first kappa shape index (κ1) is 23.8. The number of pyridine rings is 1. The molecule has 176 valence electrons. The van der Waals surface area contributed by atoms with Crippen molar-refractivity contribution in [1.82, 2.24) is 9.97 Å². The highest BCUT2D eigenvalue weighted by molar-refractivity contribution is 7.91. The van der Waals surface area contributed by atoms with Gasteiger partial charge in [-0.1, -0.05) is 17.4 Å². The van der Waals surface area contributed by atoms with Crippen molar-refractivity contribution in [2.75, 3.05) is 17.3 Å². The normalized spacial score (nSPS) is 11.5. The lowest BCUT2D eigenvalue weighted by atomic mass is 10.3. The molecule has 0 N–H and O–H groups in total. The highest BCUT2D eigenvalue weighted by Crippen LogP contribution is 2.32. The molecule has 0 spiro atoms. The third-order valence-electron chi connectivity index (χ3n) is 5.00. The number of carbonyl (C=O) groups excluding carboxylic acids is 1. The van der Waals surface area contributed by atoms with E-state index in [1.165, 1.54) is 28.4 Å². The molecule has 0 saturated heterocycles. The van der Waals surface area contributed by atoms with Gasteiger partial charge in [0.05, 0.1) is 39.7 Å². The molecule has 10 heteroatoms. The van der Waals surface area contributed by atoms with E-state index in [2.05, 4.69) is 9.97 Å². The standard InChI is InChI=1S/C24H22FN3O4S2/c1-2-32-19-8-11-21-22(15-19)33-24(27-21)28(16-18-5-3-4-13-26-18)23(29)12-14-34(30,31)20-9-6-17(25)7-10-20/h3-11,13,15H,2,12,14,16H2,1H3. The number of sulfone groups is 1. The lowest BCUT2D eigenvalue weighted by Crippen LogP contribution is -2.32. The van der Waals surface area contributed by atoms with Crippen LogP contribution in [0.4, 0.5) is 9.52 Å². The van der Waals surface area contributed by atoms with Crippen LogP contribution in [0.25, 0.3) is 10.2 Å². The Morgan fingerprint density at radius 1 is 1.12 bits per heavy atom. The third kappa shape index (κ3) is 5.57. The molecule has 7 nitrogen and oxygen atoms in total. The van der Waals surface area contributed by atoms with E-state index < -0.39 is 27.3 Å². The van der Waals surface area contributed by atoms with Gasteiger partial charge in [-0.2, -0.15) is 0 Å². The Bertz CT molecular complexity index is 1390. The molecule has 0 atom stereocenters. The zero-order chi connectivity index (χ0) is 24.1. The minimum Gasteiger partial charge on any atom is -0.494 e. The Balaban J connectivity index is 1.60. The number of carbonyl (C=O) groups is 1. The fourth-order valence-corrected chi connectivity index (χ4v) is 5.54. The molecule has 4 aromatic rings. The van der Waals surface area contributed by atoms with E-state index in [4.69, 9.17) is 4.74 Å². The number of halogens is 1. The van der Waals surface area contributed by atoms with Crippen molar-refractivity contribution in [1.29, 1.82) is 0 Å². The molecule has 0 aliphatic rings. The third-order valence-corrected chi connectivity index (χ3v) is 7.77. The van der Waals surface area contributed by atoms with Gasteiger partial charge in [-0.05, 0) is 61.5 Å². The number of thiazole rings is 1. The van der Waals surface area contributed by atoms with E-state index in [9.17, 15) is 17.6 Å². The van der Waals surface area contributed by atoms with Crippen molar-refractivity contribution in [3.05, 3.63) is 78.4 Å². The van der Waals surface area contributed by atoms with Gasteiger partial charge in [0.1, 0.15) is 11.6 Å². The fraction of sp³-hybridized carbons (Fsp3) is 0.208. The van der Waals surface area contributed by atoms with Crippen LogP contribution in [0.2, 0.25) is 0 Å². The number of nitrogens with zero attached hydrogens (tertiary/aromatic N) is 3. The van der Waals surface area contributed by atoms with Gasteiger partial charge in [0.25, 0.3) is 0 Å². The SMILES string of the molecule is CCOc1ccc2nc(N(Cc3ccccn3)C(=O)CCS(=O)(=O)c3ccc(F)cc3)sc2c1. The van der Waals surface area contributed by atoms with Crippen molar-refractivity contribution < 1.29 is 22.3 Å². The van der Waals surface area contributed by atoms with Crippen LogP contribution >= 0.6 is 11.3 Å². The molecule has 2 aromatic heterocycles. The van der Waals surface area contributed by atoms with Crippen LogP contribution in [0, 0.1) is 5.82 Å². The fourth-order valence-electron chi connectivity index (χ4n) is 3.30. The molecule has 0 aliphatic heterocycles. The molecule has 0 bridgehead atoms. The van der Waals surface area contributed by atoms with Crippen LogP contribution in [0.15, 0.2) is 71.8 Å². The molecule has 0 radical (unpaired) electrons. The lowest BCUT2D eigenvalue weighted by Gasteiger charge is -2.19.